The van der Waals surface area contributed by atoms with Crippen molar-refractivity contribution in [3.63, 3.8) is 0 Å². The van der Waals surface area contributed by atoms with E-state index < -0.39 is 0 Å². The van der Waals surface area contributed by atoms with Crippen LogP contribution >= 0.6 is 11.6 Å². The largest absolute Gasteiger partial charge is 0.378 e. The minimum atomic E-state index is 0.557. The van der Waals surface area contributed by atoms with Crippen molar-refractivity contribution in [3.05, 3.63) is 0 Å². The van der Waals surface area contributed by atoms with E-state index in [1.807, 2.05) is 0 Å². The summed E-state index contributed by atoms with van der Waals surface area (Å²) in [5.74, 6) is 0.774. The summed E-state index contributed by atoms with van der Waals surface area (Å²) < 4.78 is 5.63. The molecule has 1 aliphatic heterocycles. The van der Waals surface area contributed by atoms with Gasteiger partial charge in [0.2, 0.25) is 0 Å². The van der Waals surface area contributed by atoms with Gasteiger partial charge in [-0.2, -0.15) is 0 Å². The first-order chi connectivity index (χ1) is 7.40. The molecule has 1 unspecified atom stereocenters. The van der Waals surface area contributed by atoms with E-state index in [1.54, 1.807) is 0 Å². The highest BCUT2D eigenvalue weighted by Crippen LogP contribution is 2.27. The van der Waals surface area contributed by atoms with Crippen LogP contribution in [0.4, 0.5) is 0 Å². The fraction of sp³-hybridized carbons (Fsp3) is 1.00. The normalized spacial score (nSPS) is 26.4. The summed E-state index contributed by atoms with van der Waals surface area (Å²) in [5.41, 5.74) is 0. The molecule has 0 radical (unpaired) electrons. The van der Waals surface area contributed by atoms with Crippen LogP contribution in [0, 0.1) is 0 Å². The molecular weight excluding hydrogens is 210 g/mol. The van der Waals surface area contributed by atoms with Crippen molar-refractivity contribution in [2.45, 2.75) is 50.7 Å². The molecule has 0 spiro atoms. The van der Waals surface area contributed by atoms with E-state index in [0.29, 0.717) is 6.10 Å². The number of hydrogen-bond donors (Lipinski definition) is 0. The van der Waals surface area contributed by atoms with Crippen molar-refractivity contribution in [2.75, 3.05) is 25.6 Å². The molecule has 1 atom stereocenters. The second-order valence-electron chi connectivity index (χ2n) is 4.73. The van der Waals surface area contributed by atoms with Crippen molar-refractivity contribution in [1.29, 1.82) is 0 Å². The summed E-state index contributed by atoms with van der Waals surface area (Å²) >= 11 is 5.81. The van der Waals surface area contributed by atoms with Crippen molar-refractivity contribution in [2.24, 2.45) is 0 Å². The van der Waals surface area contributed by atoms with Crippen LogP contribution in [0.5, 0.6) is 0 Å². The van der Waals surface area contributed by atoms with Gasteiger partial charge in [0, 0.05) is 25.1 Å². The van der Waals surface area contributed by atoms with E-state index in [-0.39, 0.29) is 0 Å². The number of rotatable bonds is 7. The fourth-order valence-electron chi connectivity index (χ4n) is 2.42. The van der Waals surface area contributed by atoms with Gasteiger partial charge in [0.05, 0.1) is 6.10 Å². The molecule has 3 heteroatoms. The van der Waals surface area contributed by atoms with Crippen LogP contribution in [0.15, 0.2) is 0 Å². The average molecular weight is 232 g/mol. The number of nitrogens with zero attached hydrogens (tertiary/aromatic N) is 1. The quantitative estimate of drug-likeness (QED) is 0.625. The smallest absolute Gasteiger partial charge is 0.0576 e. The number of hydrogen-bond acceptors (Lipinski definition) is 2. The molecule has 2 aliphatic rings. The molecule has 0 aromatic carbocycles. The number of halogens is 1. The van der Waals surface area contributed by atoms with Gasteiger partial charge in [-0.05, 0) is 45.1 Å². The van der Waals surface area contributed by atoms with Gasteiger partial charge in [-0.15, -0.1) is 11.6 Å². The molecule has 0 aromatic rings. The van der Waals surface area contributed by atoms with Gasteiger partial charge in [-0.3, -0.25) is 4.90 Å². The molecular formula is C12H22ClNO. The van der Waals surface area contributed by atoms with Crippen LogP contribution in [0.25, 0.3) is 0 Å². The predicted molar refractivity (Wildman–Crippen MR) is 63.5 cm³/mol. The Morgan fingerprint density at radius 1 is 1.20 bits per heavy atom. The Labute approximate surface area is 97.9 Å². The lowest BCUT2D eigenvalue weighted by atomic mass is 10.1. The maximum atomic E-state index is 5.81. The van der Waals surface area contributed by atoms with Crippen molar-refractivity contribution in [1.82, 2.24) is 4.90 Å². The highest BCUT2D eigenvalue weighted by Gasteiger charge is 2.28. The average Bonchev–Trinajstić information content (AvgIpc) is 2.96. The lowest BCUT2D eigenvalue weighted by Gasteiger charge is -2.21. The molecule has 1 heterocycles. The first kappa shape index (κ1) is 11.7. The lowest BCUT2D eigenvalue weighted by Crippen LogP contribution is -2.29. The molecule has 1 aliphatic carbocycles. The highest BCUT2D eigenvalue weighted by molar-refractivity contribution is 6.18. The molecule has 1 saturated carbocycles. The van der Waals surface area contributed by atoms with E-state index >= 15 is 0 Å². The van der Waals surface area contributed by atoms with Gasteiger partial charge in [0.25, 0.3) is 0 Å². The van der Waals surface area contributed by atoms with E-state index in [2.05, 4.69) is 4.90 Å². The predicted octanol–water partition coefficient (Wildman–Crippen LogP) is 2.65. The molecule has 88 valence electrons. The zero-order valence-electron chi connectivity index (χ0n) is 9.46. The molecule has 0 amide bonds. The van der Waals surface area contributed by atoms with Crippen LogP contribution in [0.1, 0.15) is 38.5 Å². The molecule has 2 fully saturated rings. The maximum absolute atomic E-state index is 5.81. The summed E-state index contributed by atoms with van der Waals surface area (Å²) in [6.45, 7) is 3.27. The van der Waals surface area contributed by atoms with Crippen molar-refractivity contribution >= 4 is 11.6 Å². The Hall–Kier alpha value is 0.210. The summed E-state index contributed by atoms with van der Waals surface area (Å²) in [5, 5.41) is 0. The second kappa shape index (κ2) is 6.07. The Balaban J connectivity index is 1.57. The monoisotopic (exact) mass is 231 g/mol. The Morgan fingerprint density at radius 2 is 2.07 bits per heavy atom. The minimum absolute atomic E-state index is 0.557. The van der Waals surface area contributed by atoms with Crippen molar-refractivity contribution < 1.29 is 4.74 Å². The van der Waals surface area contributed by atoms with Gasteiger partial charge < -0.3 is 4.74 Å². The van der Waals surface area contributed by atoms with Crippen molar-refractivity contribution in [3.8, 4) is 0 Å². The molecule has 2 nitrogen and oxygen atoms in total. The van der Waals surface area contributed by atoms with Crippen LogP contribution in [-0.2, 0) is 4.74 Å². The zero-order chi connectivity index (χ0) is 10.5. The summed E-state index contributed by atoms with van der Waals surface area (Å²) in [6, 6.07) is 0.855. The van der Waals surface area contributed by atoms with Crippen LogP contribution in [-0.4, -0.2) is 42.6 Å². The third kappa shape index (κ3) is 3.93. The molecule has 2 rings (SSSR count). The standard InChI is InChI=1S/C12H22ClNO/c13-7-9-14(11-5-6-11)8-1-3-12-4-2-10-15-12/h11-12H,1-10H2. The molecule has 1 saturated heterocycles. The van der Waals surface area contributed by atoms with Crippen LogP contribution in [0.3, 0.4) is 0 Å². The van der Waals surface area contributed by atoms with E-state index in [9.17, 15) is 0 Å². The summed E-state index contributed by atoms with van der Waals surface area (Å²) in [4.78, 5) is 2.56. The Kier molecular flexibility index (Phi) is 4.73. The first-order valence-corrected chi connectivity index (χ1v) is 6.85. The van der Waals surface area contributed by atoms with E-state index in [0.717, 1.165) is 25.1 Å². The molecule has 15 heavy (non-hydrogen) atoms. The molecule has 0 N–H and O–H groups in total. The third-order valence-corrected chi connectivity index (χ3v) is 3.60. The summed E-state index contributed by atoms with van der Waals surface area (Å²) in [7, 11) is 0. The maximum Gasteiger partial charge on any atom is 0.0576 e. The van der Waals surface area contributed by atoms with Gasteiger partial charge in [-0.1, -0.05) is 0 Å². The topological polar surface area (TPSA) is 12.5 Å². The molecule has 0 bridgehead atoms. The van der Waals surface area contributed by atoms with Crippen LogP contribution in [0.2, 0.25) is 0 Å². The lowest BCUT2D eigenvalue weighted by molar-refractivity contribution is 0.0986. The zero-order valence-corrected chi connectivity index (χ0v) is 10.2. The van der Waals surface area contributed by atoms with Gasteiger partial charge in [0.15, 0.2) is 0 Å². The fourth-order valence-corrected chi connectivity index (χ4v) is 2.64. The minimum Gasteiger partial charge on any atom is -0.378 e. The van der Waals surface area contributed by atoms with Gasteiger partial charge >= 0.3 is 0 Å². The highest BCUT2D eigenvalue weighted by atomic mass is 35.5. The third-order valence-electron chi connectivity index (χ3n) is 3.43. The molecule has 0 aromatic heterocycles. The van der Waals surface area contributed by atoms with E-state index in [1.165, 1.54) is 45.1 Å². The summed E-state index contributed by atoms with van der Waals surface area (Å²) in [6.07, 6.45) is 8.39. The number of ether oxygens (including phenoxy) is 1. The second-order valence-corrected chi connectivity index (χ2v) is 5.11. The van der Waals surface area contributed by atoms with Crippen LogP contribution < -0.4 is 0 Å². The Bertz CT molecular complexity index is 178. The number of alkyl halides is 1. The van der Waals surface area contributed by atoms with Gasteiger partial charge in [0.1, 0.15) is 0 Å². The van der Waals surface area contributed by atoms with E-state index in [4.69, 9.17) is 16.3 Å². The Morgan fingerprint density at radius 3 is 2.67 bits per heavy atom. The first-order valence-electron chi connectivity index (χ1n) is 6.32. The SMILES string of the molecule is ClCCN(CCCC1CCCO1)C1CC1. The van der Waals surface area contributed by atoms with Gasteiger partial charge in [-0.25, -0.2) is 0 Å².